The molecule has 7 nitrogen and oxygen atoms in total. The van der Waals surface area contributed by atoms with Crippen LogP contribution in [0.3, 0.4) is 0 Å². The van der Waals surface area contributed by atoms with Gasteiger partial charge in [-0.25, -0.2) is 13.4 Å². The summed E-state index contributed by atoms with van der Waals surface area (Å²) in [6.45, 7) is 11.9. The monoisotopic (exact) mass is 540 g/mol. The minimum absolute atomic E-state index is 0.126. The Labute approximate surface area is 229 Å². The molecule has 0 aliphatic carbocycles. The maximum absolute atomic E-state index is 14.0. The molecule has 4 unspecified atom stereocenters. The van der Waals surface area contributed by atoms with Crippen molar-refractivity contribution in [3.05, 3.63) is 59.2 Å². The van der Waals surface area contributed by atoms with Crippen molar-refractivity contribution in [1.82, 2.24) is 19.6 Å². The average molecular weight is 541 g/mol. The van der Waals surface area contributed by atoms with E-state index in [0.29, 0.717) is 32.7 Å². The second-order valence-corrected chi connectivity index (χ2v) is 13.6. The molecule has 2 aromatic carbocycles. The van der Waals surface area contributed by atoms with Crippen LogP contribution in [-0.4, -0.2) is 86.0 Å². The zero-order valence-electron chi connectivity index (χ0n) is 23.6. The fourth-order valence-corrected chi connectivity index (χ4v) is 8.89. The number of aryl methyl sites for hydroxylation is 1. The van der Waals surface area contributed by atoms with E-state index in [4.69, 9.17) is 4.74 Å². The summed E-state index contributed by atoms with van der Waals surface area (Å²) in [7, 11) is -1.70. The maximum Gasteiger partial charge on any atom is 0.231 e. The molecule has 3 fully saturated rings. The lowest BCUT2D eigenvalue weighted by Gasteiger charge is -2.57. The summed E-state index contributed by atoms with van der Waals surface area (Å²) in [5.74, 6) is 0.237. The third kappa shape index (κ3) is 5.07. The Balaban J connectivity index is 1.42. The van der Waals surface area contributed by atoms with Gasteiger partial charge < -0.3 is 4.74 Å². The molecule has 0 radical (unpaired) electrons. The van der Waals surface area contributed by atoms with Gasteiger partial charge in [-0.3, -0.25) is 10.3 Å². The van der Waals surface area contributed by atoms with Crippen LogP contribution in [0.2, 0.25) is 0 Å². The summed E-state index contributed by atoms with van der Waals surface area (Å²) in [4.78, 5) is 2.50. The van der Waals surface area contributed by atoms with Gasteiger partial charge in [-0.1, -0.05) is 42.5 Å². The predicted octanol–water partition coefficient (Wildman–Crippen LogP) is 4.12. The summed E-state index contributed by atoms with van der Waals surface area (Å²) >= 11 is 0. The van der Waals surface area contributed by atoms with Crippen molar-refractivity contribution in [3.63, 3.8) is 0 Å². The molecular weight excluding hydrogens is 496 g/mol. The largest absolute Gasteiger partial charge is 0.383 e. The molecule has 0 saturated carbocycles. The van der Waals surface area contributed by atoms with Crippen molar-refractivity contribution in [3.8, 4) is 11.1 Å². The quantitative estimate of drug-likeness (QED) is 0.570. The van der Waals surface area contributed by atoms with Gasteiger partial charge in [0.1, 0.15) is 5.37 Å². The Hall–Kier alpha value is -1.81. The molecule has 5 rings (SSSR count). The van der Waals surface area contributed by atoms with Crippen LogP contribution < -0.4 is 5.43 Å². The Morgan fingerprint density at radius 1 is 1.05 bits per heavy atom. The lowest BCUT2D eigenvalue weighted by Crippen LogP contribution is -2.68. The van der Waals surface area contributed by atoms with Crippen LogP contribution >= 0.6 is 0 Å². The Morgan fingerprint density at radius 2 is 1.79 bits per heavy atom. The van der Waals surface area contributed by atoms with Gasteiger partial charge in [0.15, 0.2) is 0 Å². The van der Waals surface area contributed by atoms with Crippen molar-refractivity contribution in [2.75, 3.05) is 39.9 Å². The molecule has 0 spiro atoms. The van der Waals surface area contributed by atoms with Gasteiger partial charge >= 0.3 is 0 Å². The van der Waals surface area contributed by atoms with Crippen molar-refractivity contribution < 1.29 is 13.2 Å². The highest BCUT2D eigenvalue weighted by atomic mass is 32.2. The second-order valence-electron chi connectivity index (χ2n) is 11.5. The summed E-state index contributed by atoms with van der Waals surface area (Å²) in [6.07, 6.45) is 2.51. The minimum atomic E-state index is -3.47. The molecule has 3 saturated heterocycles. The zero-order chi connectivity index (χ0) is 27.0. The summed E-state index contributed by atoms with van der Waals surface area (Å²) in [5.41, 5.74) is 9.66. The van der Waals surface area contributed by atoms with Crippen LogP contribution in [0.1, 0.15) is 55.7 Å². The van der Waals surface area contributed by atoms with E-state index >= 15 is 0 Å². The number of sulfonamides is 1. The van der Waals surface area contributed by atoms with Gasteiger partial charge in [0.2, 0.25) is 10.0 Å². The highest BCUT2D eigenvalue weighted by Crippen LogP contribution is 2.43. The summed E-state index contributed by atoms with van der Waals surface area (Å²) in [6, 6.07) is 16.0. The van der Waals surface area contributed by atoms with Crippen LogP contribution in [0, 0.1) is 13.8 Å². The van der Waals surface area contributed by atoms with Crippen LogP contribution in [0.25, 0.3) is 11.1 Å². The number of ether oxygens (including phenoxy) is 1. The van der Waals surface area contributed by atoms with Gasteiger partial charge in [0.25, 0.3) is 0 Å². The van der Waals surface area contributed by atoms with E-state index in [1.54, 1.807) is 11.4 Å². The highest BCUT2D eigenvalue weighted by molar-refractivity contribution is 7.89. The molecule has 3 heterocycles. The van der Waals surface area contributed by atoms with E-state index in [1.807, 2.05) is 5.01 Å². The van der Waals surface area contributed by atoms with Crippen molar-refractivity contribution in [2.24, 2.45) is 0 Å². The molecule has 3 aliphatic heterocycles. The number of methoxy groups -OCH3 is 1. The van der Waals surface area contributed by atoms with Crippen LogP contribution in [0.15, 0.2) is 42.5 Å². The van der Waals surface area contributed by atoms with E-state index in [9.17, 15) is 8.42 Å². The Morgan fingerprint density at radius 3 is 2.50 bits per heavy atom. The van der Waals surface area contributed by atoms with Gasteiger partial charge in [0.05, 0.1) is 6.61 Å². The first-order chi connectivity index (χ1) is 18.2. The molecule has 0 amide bonds. The smallest absolute Gasteiger partial charge is 0.231 e. The lowest BCUT2D eigenvalue weighted by molar-refractivity contribution is -0.0637. The van der Waals surface area contributed by atoms with E-state index in [0.717, 1.165) is 19.4 Å². The number of hydrazine groups is 1. The summed E-state index contributed by atoms with van der Waals surface area (Å²) in [5, 5.41) is 1.43. The van der Waals surface area contributed by atoms with Crippen molar-refractivity contribution >= 4 is 10.0 Å². The highest BCUT2D eigenvalue weighted by Gasteiger charge is 2.51. The zero-order valence-corrected chi connectivity index (χ0v) is 24.4. The van der Waals surface area contributed by atoms with Gasteiger partial charge in [-0.05, 0) is 81.3 Å². The number of nitrogens with one attached hydrogen (secondary N) is 1. The first kappa shape index (κ1) is 27.7. The number of nitrogens with zero attached hydrogens (tertiary/aromatic N) is 3. The van der Waals surface area contributed by atoms with Crippen LogP contribution in [0.4, 0.5) is 0 Å². The van der Waals surface area contributed by atoms with Crippen molar-refractivity contribution in [2.45, 2.75) is 76.4 Å². The molecule has 2 aromatic rings. The number of hydrogen-bond acceptors (Lipinski definition) is 6. The number of benzene rings is 2. The SMILES string of the molecule is COCC1C(c2ccc(-c3cccc(C)c3C)cc2)C2CN(S(=O)(=O)C3CCNN3C(C)C)CCCCN12. The molecule has 4 atom stereocenters. The molecule has 3 aliphatic rings. The first-order valence-electron chi connectivity index (χ1n) is 14.2. The Bertz CT molecular complexity index is 1220. The Kier molecular flexibility index (Phi) is 8.29. The molecule has 1 N–H and O–H groups in total. The number of fused-ring (bicyclic) bond motifs is 1. The maximum atomic E-state index is 14.0. The summed E-state index contributed by atoms with van der Waals surface area (Å²) < 4.78 is 35.4. The van der Waals surface area contributed by atoms with E-state index in [1.165, 1.54) is 27.8 Å². The minimum Gasteiger partial charge on any atom is -0.383 e. The van der Waals surface area contributed by atoms with Crippen LogP contribution in [-0.2, 0) is 14.8 Å². The van der Waals surface area contributed by atoms with E-state index in [2.05, 4.69) is 80.5 Å². The first-order valence-corrected chi connectivity index (χ1v) is 15.7. The average Bonchev–Trinajstić information content (AvgIpc) is 3.39. The van der Waals surface area contributed by atoms with Crippen molar-refractivity contribution in [1.29, 1.82) is 0 Å². The predicted molar refractivity (Wildman–Crippen MR) is 153 cm³/mol. The van der Waals surface area contributed by atoms with Gasteiger partial charge in [-0.15, -0.1) is 0 Å². The third-order valence-corrected chi connectivity index (χ3v) is 11.2. The molecule has 0 aromatic heterocycles. The molecule has 208 valence electrons. The van der Waals surface area contributed by atoms with Crippen LogP contribution in [0.5, 0.6) is 0 Å². The molecule has 8 heteroatoms. The standard InChI is InChI=1S/C30H44N4O3S/c1-21(2)34-29(15-16-31-34)38(35,36)32-17-6-7-18-33-27(19-32)30(28(33)20-37-5)25-13-11-24(12-14-25)26-10-8-9-22(3)23(26)4/h8-14,21,27-31H,6-7,15-20H2,1-5H3. The number of hydrogen-bond donors (Lipinski definition) is 1. The fourth-order valence-electron chi connectivity index (χ4n) is 6.78. The molecule has 38 heavy (non-hydrogen) atoms. The van der Waals surface area contributed by atoms with Gasteiger partial charge in [0, 0.05) is 50.8 Å². The van der Waals surface area contributed by atoms with E-state index < -0.39 is 15.4 Å². The molecular formula is C30H44N4O3S. The normalized spacial score (nSPS) is 27.6. The number of rotatable bonds is 7. The lowest BCUT2D eigenvalue weighted by atomic mass is 9.74. The fraction of sp³-hybridized carbons (Fsp3) is 0.600. The second kappa shape index (κ2) is 11.4. The topological polar surface area (TPSA) is 65.1 Å². The van der Waals surface area contributed by atoms with E-state index in [-0.39, 0.29) is 24.0 Å². The third-order valence-electron chi connectivity index (χ3n) is 8.95. The van der Waals surface area contributed by atoms with Gasteiger partial charge in [-0.2, -0.15) is 4.31 Å². The molecule has 0 bridgehead atoms.